The van der Waals surface area contributed by atoms with E-state index in [1.807, 2.05) is 6.07 Å². The Balaban J connectivity index is 2.43. The van der Waals surface area contributed by atoms with E-state index in [-0.39, 0.29) is 5.38 Å². The zero-order valence-corrected chi connectivity index (χ0v) is 13.9. The van der Waals surface area contributed by atoms with E-state index >= 15 is 0 Å². The third-order valence-electron chi connectivity index (χ3n) is 2.77. The van der Waals surface area contributed by atoms with Crippen LogP contribution in [0, 0.1) is 16.7 Å². The SMILES string of the molecule is Cc1cc(Cl)c(C(Cl)c2csc(I)c2)cc1C. The number of rotatable bonds is 2. The van der Waals surface area contributed by atoms with Crippen molar-refractivity contribution in [1.82, 2.24) is 0 Å². The Morgan fingerprint density at radius 2 is 1.82 bits per heavy atom. The summed E-state index contributed by atoms with van der Waals surface area (Å²) in [6, 6.07) is 6.17. The molecule has 0 N–H and O–H groups in total. The molecule has 90 valence electrons. The van der Waals surface area contributed by atoms with E-state index in [4.69, 9.17) is 23.2 Å². The van der Waals surface area contributed by atoms with Gasteiger partial charge in [-0.2, -0.15) is 0 Å². The van der Waals surface area contributed by atoms with Gasteiger partial charge in [-0.1, -0.05) is 17.7 Å². The average Bonchev–Trinajstić information content (AvgIpc) is 2.69. The van der Waals surface area contributed by atoms with Crippen LogP contribution in [0.4, 0.5) is 0 Å². The molecule has 0 saturated carbocycles. The fourth-order valence-electron chi connectivity index (χ4n) is 1.63. The third-order valence-corrected chi connectivity index (χ3v) is 5.39. The van der Waals surface area contributed by atoms with Crippen LogP contribution >= 0.6 is 57.1 Å². The van der Waals surface area contributed by atoms with Gasteiger partial charge in [-0.25, -0.2) is 0 Å². The maximum absolute atomic E-state index is 6.49. The van der Waals surface area contributed by atoms with Gasteiger partial charge in [0.15, 0.2) is 0 Å². The van der Waals surface area contributed by atoms with Gasteiger partial charge in [-0.05, 0) is 76.2 Å². The maximum Gasteiger partial charge on any atom is 0.0858 e. The Labute approximate surface area is 129 Å². The van der Waals surface area contributed by atoms with E-state index in [2.05, 4.69) is 54.0 Å². The van der Waals surface area contributed by atoms with Crippen molar-refractivity contribution in [2.24, 2.45) is 0 Å². The van der Waals surface area contributed by atoms with Crippen LogP contribution < -0.4 is 0 Å². The predicted octanol–water partition coefficient (Wildman–Crippen LogP) is 5.95. The molecule has 0 saturated heterocycles. The largest absolute Gasteiger partial charge is 0.137 e. The Morgan fingerprint density at radius 3 is 2.41 bits per heavy atom. The minimum Gasteiger partial charge on any atom is -0.137 e. The first-order valence-corrected chi connectivity index (χ1v) is 7.91. The van der Waals surface area contributed by atoms with Crippen molar-refractivity contribution in [1.29, 1.82) is 0 Å². The zero-order valence-electron chi connectivity index (χ0n) is 9.43. The molecule has 2 aromatic rings. The van der Waals surface area contributed by atoms with Crippen LogP contribution in [0.3, 0.4) is 0 Å². The summed E-state index contributed by atoms with van der Waals surface area (Å²) in [4.78, 5) is 0. The highest BCUT2D eigenvalue weighted by atomic mass is 127. The van der Waals surface area contributed by atoms with E-state index in [0.717, 1.165) is 16.1 Å². The van der Waals surface area contributed by atoms with Crippen molar-refractivity contribution in [3.8, 4) is 0 Å². The highest BCUT2D eigenvalue weighted by Gasteiger charge is 2.16. The number of halogens is 3. The second-order valence-corrected chi connectivity index (χ2v) is 7.65. The minimum atomic E-state index is -0.165. The summed E-state index contributed by atoms with van der Waals surface area (Å²) in [5.74, 6) is 0. The lowest BCUT2D eigenvalue weighted by Gasteiger charge is -2.13. The van der Waals surface area contributed by atoms with E-state index in [9.17, 15) is 0 Å². The zero-order chi connectivity index (χ0) is 12.6. The highest BCUT2D eigenvalue weighted by Crippen LogP contribution is 2.37. The van der Waals surface area contributed by atoms with E-state index in [1.165, 1.54) is 14.0 Å². The van der Waals surface area contributed by atoms with Crippen molar-refractivity contribution < 1.29 is 0 Å². The van der Waals surface area contributed by atoms with Crippen molar-refractivity contribution >= 4 is 57.1 Å². The van der Waals surface area contributed by atoms with Gasteiger partial charge in [-0.3, -0.25) is 0 Å². The summed E-state index contributed by atoms with van der Waals surface area (Å²) in [7, 11) is 0. The summed E-state index contributed by atoms with van der Waals surface area (Å²) in [5.41, 5.74) is 4.53. The molecule has 0 aliphatic heterocycles. The van der Waals surface area contributed by atoms with Crippen LogP contribution in [0.2, 0.25) is 5.02 Å². The van der Waals surface area contributed by atoms with Gasteiger partial charge in [0.25, 0.3) is 0 Å². The number of benzene rings is 1. The smallest absolute Gasteiger partial charge is 0.0858 e. The molecule has 0 radical (unpaired) electrons. The Hall–Kier alpha value is 0.230. The number of thiophene rings is 1. The van der Waals surface area contributed by atoms with Crippen LogP contribution in [-0.4, -0.2) is 0 Å². The average molecular weight is 397 g/mol. The topological polar surface area (TPSA) is 0 Å². The van der Waals surface area contributed by atoms with Crippen molar-refractivity contribution in [3.63, 3.8) is 0 Å². The fourth-order valence-corrected chi connectivity index (χ4v) is 3.80. The molecule has 1 atom stereocenters. The van der Waals surface area contributed by atoms with Gasteiger partial charge in [0.05, 0.1) is 8.26 Å². The summed E-state index contributed by atoms with van der Waals surface area (Å²) < 4.78 is 1.24. The Morgan fingerprint density at radius 1 is 1.18 bits per heavy atom. The lowest BCUT2D eigenvalue weighted by Crippen LogP contribution is -1.95. The monoisotopic (exact) mass is 396 g/mol. The van der Waals surface area contributed by atoms with Crippen molar-refractivity contribution in [3.05, 3.63) is 53.7 Å². The van der Waals surface area contributed by atoms with Crippen molar-refractivity contribution in [2.75, 3.05) is 0 Å². The molecule has 2 rings (SSSR count). The van der Waals surface area contributed by atoms with E-state index < -0.39 is 0 Å². The lowest BCUT2D eigenvalue weighted by molar-refractivity contribution is 1.13. The maximum atomic E-state index is 6.49. The molecule has 1 aromatic heterocycles. The summed E-state index contributed by atoms with van der Waals surface area (Å²) in [6.45, 7) is 4.14. The first kappa shape index (κ1) is 13.7. The fraction of sp³-hybridized carbons (Fsp3) is 0.231. The first-order chi connectivity index (χ1) is 7.99. The molecule has 0 bridgehead atoms. The molecule has 1 heterocycles. The summed E-state index contributed by atoms with van der Waals surface area (Å²) in [6.07, 6.45) is 0. The molecule has 0 aliphatic rings. The molecular formula is C13H11Cl2IS. The van der Waals surface area contributed by atoms with Crippen LogP contribution in [0.25, 0.3) is 0 Å². The van der Waals surface area contributed by atoms with Gasteiger partial charge in [-0.15, -0.1) is 22.9 Å². The quantitative estimate of drug-likeness (QED) is 0.434. The van der Waals surface area contributed by atoms with Gasteiger partial charge >= 0.3 is 0 Å². The highest BCUT2D eigenvalue weighted by molar-refractivity contribution is 14.1. The third kappa shape index (κ3) is 2.98. The summed E-state index contributed by atoms with van der Waals surface area (Å²) in [5, 5.41) is 2.67. The molecule has 1 aromatic carbocycles. The van der Waals surface area contributed by atoms with Gasteiger partial charge < -0.3 is 0 Å². The molecule has 17 heavy (non-hydrogen) atoms. The van der Waals surface area contributed by atoms with Gasteiger partial charge in [0.2, 0.25) is 0 Å². The molecule has 0 nitrogen and oxygen atoms in total. The molecule has 0 aliphatic carbocycles. The second kappa shape index (κ2) is 5.47. The van der Waals surface area contributed by atoms with Crippen molar-refractivity contribution in [2.45, 2.75) is 19.2 Å². The van der Waals surface area contributed by atoms with Crippen LogP contribution in [-0.2, 0) is 0 Å². The summed E-state index contributed by atoms with van der Waals surface area (Å²) >= 11 is 16.8. The minimum absolute atomic E-state index is 0.165. The van der Waals surface area contributed by atoms with E-state index in [0.29, 0.717) is 0 Å². The molecular weight excluding hydrogens is 386 g/mol. The molecule has 1 unspecified atom stereocenters. The van der Waals surface area contributed by atoms with Crippen LogP contribution in [0.5, 0.6) is 0 Å². The van der Waals surface area contributed by atoms with Gasteiger partial charge in [0.1, 0.15) is 0 Å². The lowest BCUT2D eigenvalue weighted by atomic mass is 10.0. The van der Waals surface area contributed by atoms with Crippen LogP contribution in [0.1, 0.15) is 27.6 Å². The van der Waals surface area contributed by atoms with Crippen LogP contribution in [0.15, 0.2) is 23.6 Å². The molecule has 0 fully saturated rings. The first-order valence-electron chi connectivity index (χ1n) is 5.13. The molecule has 0 spiro atoms. The van der Waals surface area contributed by atoms with E-state index in [1.54, 1.807) is 11.3 Å². The number of alkyl halides is 1. The normalized spacial score (nSPS) is 12.8. The molecule has 4 heteroatoms. The Kier molecular flexibility index (Phi) is 4.40. The number of hydrogen-bond acceptors (Lipinski definition) is 1. The standard InChI is InChI=1S/C13H11Cl2IS/c1-7-3-10(11(14)4-8(7)2)13(15)9-5-12(16)17-6-9/h3-6,13H,1-2H3. The number of hydrogen-bond donors (Lipinski definition) is 0. The Bertz CT molecular complexity index is 548. The second-order valence-electron chi connectivity index (χ2n) is 4.00. The predicted molar refractivity (Wildman–Crippen MR) is 85.7 cm³/mol. The number of aryl methyl sites for hydroxylation is 2. The molecule has 0 amide bonds. The van der Waals surface area contributed by atoms with Gasteiger partial charge in [0, 0.05) is 5.02 Å².